The number of piperidine rings is 1. The van der Waals surface area contributed by atoms with E-state index in [4.69, 9.17) is 0 Å². The van der Waals surface area contributed by atoms with E-state index in [0.29, 0.717) is 0 Å². The Hall–Kier alpha value is -2.42. The van der Waals surface area contributed by atoms with Gasteiger partial charge in [-0.3, -0.25) is 4.90 Å². The first-order chi connectivity index (χ1) is 13.8. The maximum absolute atomic E-state index is 12.4. The van der Waals surface area contributed by atoms with Crippen LogP contribution in [0.4, 0.5) is 0 Å². The fourth-order valence-electron chi connectivity index (χ4n) is 4.54. The zero-order valence-electron chi connectivity index (χ0n) is 16.4. The zero-order chi connectivity index (χ0) is 19.2. The van der Waals surface area contributed by atoms with Crippen LogP contribution in [0.15, 0.2) is 91.0 Å². The molecular weight excluding hydrogens is 342 g/mol. The second-order valence-corrected chi connectivity index (χ2v) is 7.80. The van der Waals surface area contributed by atoms with Gasteiger partial charge in [0.15, 0.2) is 0 Å². The van der Waals surface area contributed by atoms with Crippen LogP contribution < -0.4 is 0 Å². The summed E-state index contributed by atoms with van der Waals surface area (Å²) in [6.45, 7) is 2.08. The summed E-state index contributed by atoms with van der Waals surface area (Å²) in [5.74, 6) is 0. The van der Waals surface area contributed by atoms with E-state index in [1.807, 2.05) is 36.4 Å². The minimum Gasteiger partial charge on any atom is -0.379 e. The summed E-state index contributed by atoms with van der Waals surface area (Å²) in [6, 6.07) is 31.0. The van der Waals surface area contributed by atoms with Crippen molar-refractivity contribution in [3.63, 3.8) is 0 Å². The second-order valence-electron chi connectivity index (χ2n) is 7.80. The van der Waals surface area contributed by atoms with Crippen LogP contribution in [0.3, 0.4) is 0 Å². The van der Waals surface area contributed by atoms with Gasteiger partial charge >= 0.3 is 0 Å². The highest BCUT2D eigenvalue weighted by atomic mass is 16.3. The number of hydrogen-bond donors (Lipinski definition) is 1. The van der Waals surface area contributed by atoms with Crippen LogP contribution in [-0.4, -0.2) is 29.1 Å². The average Bonchev–Trinajstić information content (AvgIpc) is 2.79. The van der Waals surface area contributed by atoms with Crippen molar-refractivity contribution in [3.05, 3.63) is 108 Å². The molecule has 2 heteroatoms. The molecule has 2 nitrogen and oxygen atoms in total. The van der Waals surface area contributed by atoms with E-state index in [1.54, 1.807) is 0 Å². The predicted molar refractivity (Wildman–Crippen MR) is 115 cm³/mol. The SMILES string of the molecule is OC(c1ccccc1)(c1ccccc1)C(Cc1ccccc1)N1CCCCC1. The molecule has 1 N–H and O–H groups in total. The molecule has 1 aliphatic heterocycles. The number of hydrogen-bond acceptors (Lipinski definition) is 2. The van der Waals surface area contributed by atoms with Crippen molar-refractivity contribution in [1.82, 2.24) is 4.90 Å². The highest BCUT2D eigenvalue weighted by Gasteiger charge is 2.43. The first-order valence-electron chi connectivity index (χ1n) is 10.4. The van der Waals surface area contributed by atoms with Crippen molar-refractivity contribution in [3.8, 4) is 0 Å². The predicted octanol–water partition coefficient (Wildman–Crippen LogP) is 5.02. The summed E-state index contributed by atoms with van der Waals surface area (Å²) in [6.07, 6.45) is 4.50. The summed E-state index contributed by atoms with van der Waals surface area (Å²) < 4.78 is 0. The third kappa shape index (κ3) is 3.89. The molecule has 144 valence electrons. The molecule has 28 heavy (non-hydrogen) atoms. The van der Waals surface area contributed by atoms with Crippen LogP contribution in [-0.2, 0) is 12.0 Å². The Morgan fingerprint density at radius 1 is 0.679 bits per heavy atom. The third-order valence-corrected chi connectivity index (χ3v) is 6.01. The zero-order valence-corrected chi connectivity index (χ0v) is 16.4. The minimum atomic E-state index is -1.06. The summed E-state index contributed by atoms with van der Waals surface area (Å²) in [5.41, 5.74) is 2.14. The Bertz CT molecular complexity index is 802. The van der Waals surface area contributed by atoms with E-state index < -0.39 is 5.60 Å². The minimum absolute atomic E-state index is 0.0139. The van der Waals surface area contributed by atoms with Crippen molar-refractivity contribution < 1.29 is 5.11 Å². The van der Waals surface area contributed by atoms with E-state index in [0.717, 1.165) is 30.6 Å². The van der Waals surface area contributed by atoms with Gasteiger partial charge in [-0.1, -0.05) is 97.4 Å². The van der Waals surface area contributed by atoms with E-state index in [2.05, 4.69) is 59.5 Å². The molecule has 3 aromatic rings. The highest BCUT2D eigenvalue weighted by Crippen LogP contribution is 2.38. The first kappa shape index (κ1) is 18.9. The lowest BCUT2D eigenvalue weighted by Gasteiger charge is -2.45. The van der Waals surface area contributed by atoms with Gasteiger partial charge in [0.05, 0.1) is 6.04 Å². The molecule has 0 bridgehead atoms. The molecule has 0 aromatic heterocycles. The van der Waals surface area contributed by atoms with Crippen molar-refractivity contribution in [2.75, 3.05) is 13.1 Å². The fourth-order valence-corrected chi connectivity index (χ4v) is 4.54. The van der Waals surface area contributed by atoms with Gasteiger partial charge < -0.3 is 5.11 Å². The maximum Gasteiger partial charge on any atom is 0.130 e. The lowest BCUT2D eigenvalue weighted by molar-refractivity contribution is -0.0278. The first-order valence-corrected chi connectivity index (χ1v) is 10.4. The van der Waals surface area contributed by atoms with Crippen LogP contribution >= 0.6 is 0 Å². The largest absolute Gasteiger partial charge is 0.379 e. The molecule has 0 amide bonds. The van der Waals surface area contributed by atoms with Gasteiger partial charge in [0, 0.05) is 0 Å². The highest BCUT2D eigenvalue weighted by molar-refractivity contribution is 5.39. The van der Waals surface area contributed by atoms with Crippen LogP contribution in [0.2, 0.25) is 0 Å². The molecule has 1 unspecified atom stereocenters. The summed E-state index contributed by atoms with van der Waals surface area (Å²) in [5, 5.41) is 12.4. The molecular formula is C26H29NO. The van der Waals surface area contributed by atoms with Crippen molar-refractivity contribution in [2.45, 2.75) is 37.3 Å². The molecule has 0 spiro atoms. The van der Waals surface area contributed by atoms with Crippen molar-refractivity contribution >= 4 is 0 Å². The summed E-state index contributed by atoms with van der Waals surface area (Å²) in [4.78, 5) is 2.51. The van der Waals surface area contributed by atoms with E-state index in [9.17, 15) is 5.11 Å². The van der Waals surface area contributed by atoms with Crippen LogP contribution in [0.1, 0.15) is 36.0 Å². The van der Waals surface area contributed by atoms with Gasteiger partial charge in [-0.2, -0.15) is 0 Å². The Morgan fingerprint density at radius 3 is 1.64 bits per heavy atom. The molecule has 1 fully saturated rings. The van der Waals surface area contributed by atoms with Crippen molar-refractivity contribution in [2.24, 2.45) is 0 Å². The number of likely N-dealkylation sites (tertiary alicyclic amines) is 1. The summed E-state index contributed by atoms with van der Waals surface area (Å²) in [7, 11) is 0. The monoisotopic (exact) mass is 371 g/mol. The Balaban J connectivity index is 1.83. The lowest BCUT2D eigenvalue weighted by atomic mass is 9.76. The number of rotatable bonds is 6. The van der Waals surface area contributed by atoms with Gasteiger partial charge in [0.2, 0.25) is 0 Å². The van der Waals surface area contributed by atoms with E-state index in [1.165, 1.54) is 24.8 Å². The molecule has 1 heterocycles. The van der Waals surface area contributed by atoms with Gasteiger partial charge in [-0.05, 0) is 49.0 Å². The van der Waals surface area contributed by atoms with Gasteiger partial charge in [0.1, 0.15) is 5.60 Å². The van der Waals surface area contributed by atoms with Crippen LogP contribution in [0.5, 0.6) is 0 Å². The molecule has 0 saturated carbocycles. The van der Waals surface area contributed by atoms with E-state index in [-0.39, 0.29) is 6.04 Å². The molecule has 1 aliphatic rings. The second kappa shape index (κ2) is 8.72. The third-order valence-electron chi connectivity index (χ3n) is 6.01. The quantitative estimate of drug-likeness (QED) is 0.658. The lowest BCUT2D eigenvalue weighted by Crippen LogP contribution is -2.54. The Morgan fingerprint density at radius 2 is 1.14 bits per heavy atom. The Labute approximate surface area is 168 Å². The average molecular weight is 372 g/mol. The Kier molecular flexibility index (Phi) is 5.90. The van der Waals surface area contributed by atoms with Crippen LogP contribution in [0, 0.1) is 0 Å². The topological polar surface area (TPSA) is 23.5 Å². The van der Waals surface area contributed by atoms with Gasteiger partial charge in [-0.15, -0.1) is 0 Å². The van der Waals surface area contributed by atoms with Gasteiger partial charge in [-0.25, -0.2) is 0 Å². The molecule has 4 rings (SSSR count). The van der Waals surface area contributed by atoms with E-state index >= 15 is 0 Å². The maximum atomic E-state index is 12.4. The van der Waals surface area contributed by atoms with Crippen LogP contribution in [0.25, 0.3) is 0 Å². The smallest absolute Gasteiger partial charge is 0.130 e. The normalized spacial score (nSPS) is 16.6. The molecule has 0 radical (unpaired) electrons. The molecule has 1 atom stereocenters. The van der Waals surface area contributed by atoms with Crippen molar-refractivity contribution in [1.29, 1.82) is 0 Å². The number of aliphatic hydroxyl groups is 1. The van der Waals surface area contributed by atoms with Gasteiger partial charge in [0.25, 0.3) is 0 Å². The molecule has 0 aliphatic carbocycles. The molecule has 3 aromatic carbocycles. The standard InChI is InChI=1S/C26H29NO/c28-26(23-15-7-2-8-16-23,24-17-9-3-10-18-24)25(27-19-11-4-12-20-27)21-22-13-5-1-6-14-22/h1-3,5-10,13-18,25,28H,4,11-12,19-21H2. The number of nitrogens with zero attached hydrogens (tertiary/aromatic N) is 1. The number of benzene rings is 3. The fraction of sp³-hybridized carbons (Fsp3) is 0.308. The summed E-state index contributed by atoms with van der Waals surface area (Å²) >= 11 is 0. The molecule has 1 saturated heterocycles.